The summed E-state index contributed by atoms with van der Waals surface area (Å²) < 4.78 is 23.4. The van der Waals surface area contributed by atoms with Crippen molar-refractivity contribution in [3.63, 3.8) is 0 Å². The van der Waals surface area contributed by atoms with E-state index in [2.05, 4.69) is 12.2 Å². The first kappa shape index (κ1) is 16.0. The largest absolute Gasteiger partial charge is 0.385 e. The van der Waals surface area contributed by atoms with Crippen LogP contribution in [0.25, 0.3) is 0 Å². The Balaban J connectivity index is 2.62. The average Bonchev–Trinajstić information content (AvgIpc) is 2.44. The first-order valence-corrected chi connectivity index (χ1v) is 8.45. The van der Waals surface area contributed by atoms with E-state index in [0.717, 1.165) is 25.1 Å². The van der Waals surface area contributed by atoms with Gasteiger partial charge >= 0.3 is 0 Å². The summed E-state index contributed by atoms with van der Waals surface area (Å²) in [6.45, 7) is 5.38. The Morgan fingerprint density at radius 2 is 1.84 bits per heavy atom. The molecule has 0 saturated carbocycles. The van der Waals surface area contributed by atoms with Crippen molar-refractivity contribution in [1.82, 2.24) is 0 Å². The molecule has 0 aliphatic heterocycles. The second-order valence-electron chi connectivity index (χ2n) is 4.66. The van der Waals surface area contributed by atoms with Gasteiger partial charge < -0.3 is 11.1 Å². The first-order valence-electron chi connectivity index (χ1n) is 6.80. The van der Waals surface area contributed by atoms with Crippen LogP contribution < -0.4 is 11.1 Å². The summed E-state index contributed by atoms with van der Waals surface area (Å²) >= 11 is 0. The summed E-state index contributed by atoms with van der Waals surface area (Å²) in [7, 11) is -3.10. The van der Waals surface area contributed by atoms with Crippen LogP contribution >= 0.6 is 0 Å². The van der Waals surface area contributed by atoms with Crippen molar-refractivity contribution in [2.24, 2.45) is 11.7 Å². The lowest BCUT2D eigenvalue weighted by atomic mass is 10.0. The van der Waals surface area contributed by atoms with Crippen LogP contribution in [0.2, 0.25) is 0 Å². The summed E-state index contributed by atoms with van der Waals surface area (Å²) in [4.78, 5) is 0.384. The number of benzene rings is 1. The summed E-state index contributed by atoms with van der Waals surface area (Å²) in [6.07, 6.45) is 2.10. The van der Waals surface area contributed by atoms with Gasteiger partial charge in [0.05, 0.1) is 10.6 Å². The molecule has 0 spiro atoms. The van der Waals surface area contributed by atoms with E-state index in [1.807, 2.05) is 12.1 Å². The van der Waals surface area contributed by atoms with E-state index in [-0.39, 0.29) is 5.75 Å². The Hall–Kier alpha value is -1.07. The summed E-state index contributed by atoms with van der Waals surface area (Å²) in [5.74, 6) is 0.692. The lowest BCUT2D eigenvalue weighted by Gasteiger charge is -2.15. The molecule has 5 heteroatoms. The molecule has 0 amide bonds. The lowest BCUT2D eigenvalue weighted by molar-refractivity contribution is 0.501. The molecule has 0 heterocycles. The number of anilines is 1. The van der Waals surface area contributed by atoms with E-state index in [1.165, 1.54) is 0 Å². The van der Waals surface area contributed by atoms with Crippen LogP contribution in [-0.4, -0.2) is 27.3 Å². The molecule has 1 atom stereocenters. The first-order chi connectivity index (χ1) is 9.03. The Labute approximate surface area is 116 Å². The van der Waals surface area contributed by atoms with Gasteiger partial charge in [-0.1, -0.05) is 20.3 Å². The van der Waals surface area contributed by atoms with Crippen LogP contribution in [0.5, 0.6) is 0 Å². The van der Waals surface area contributed by atoms with Crippen molar-refractivity contribution >= 4 is 15.5 Å². The highest BCUT2D eigenvalue weighted by Crippen LogP contribution is 2.16. The van der Waals surface area contributed by atoms with E-state index >= 15 is 0 Å². The van der Waals surface area contributed by atoms with Crippen molar-refractivity contribution in [1.29, 1.82) is 0 Å². The zero-order valence-corrected chi connectivity index (χ0v) is 12.5. The standard InChI is InChI=1S/C14H24N2O2S/c1-3-12(9-10-15)11-16-13-5-7-14(8-6-13)19(17,18)4-2/h5-8,12,16H,3-4,9-11,15H2,1-2H3. The fourth-order valence-electron chi connectivity index (χ4n) is 1.90. The zero-order chi connectivity index (χ0) is 14.3. The van der Waals surface area contributed by atoms with Gasteiger partial charge in [0.2, 0.25) is 0 Å². The molecule has 0 bridgehead atoms. The van der Waals surface area contributed by atoms with Gasteiger partial charge in [0.25, 0.3) is 0 Å². The minimum absolute atomic E-state index is 0.133. The van der Waals surface area contributed by atoms with Gasteiger partial charge in [-0.05, 0) is 43.1 Å². The molecule has 0 aliphatic carbocycles. The predicted octanol–water partition coefficient (Wildman–Crippen LogP) is 2.27. The second kappa shape index (κ2) is 7.50. The molecule has 1 unspecified atom stereocenters. The molecule has 0 fully saturated rings. The SMILES string of the molecule is CCC(CCN)CNc1ccc(S(=O)(=O)CC)cc1. The highest BCUT2D eigenvalue weighted by molar-refractivity contribution is 7.91. The van der Waals surface area contributed by atoms with Crippen LogP contribution in [0.4, 0.5) is 5.69 Å². The minimum Gasteiger partial charge on any atom is -0.385 e. The highest BCUT2D eigenvalue weighted by Gasteiger charge is 2.11. The number of hydrogen-bond acceptors (Lipinski definition) is 4. The number of sulfone groups is 1. The van der Waals surface area contributed by atoms with Crippen LogP contribution in [0.3, 0.4) is 0 Å². The molecular weight excluding hydrogens is 260 g/mol. The van der Waals surface area contributed by atoms with Crippen molar-refractivity contribution in [3.05, 3.63) is 24.3 Å². The molecule has 3 N–H and O–H groups in total. The number of rotatable bonds is 8. The smallest absolute Gasteiger partial charge is 0.178 e. The predicted molar refractivity (Wildman–Crippen MR) is 80.1 cm³/mol. The maximum Gasteiger partial charge on any atom is 0.178 e. The third-order valence-corrected chi connectivity index (χ3v) is 5.09. The van der Waals surface area contributed by atoms with Gasteiger partial charge in [-0.2, -0.15) is 0 Å². The van der Waals surface area contributed by atoms with Crippen LogP contribution in [0.15, 0.2) is 29.2 Å². The van der Waals surface area contributed by atoms with Crippen molar-refractivity contribution < 1.29 is 8.42 Å². The van der Waals surface area contributed by atoms with E-state index in [0.29, 0.717) is 17.4 Å². The van der Waals surface area contributed by atoms with E-state index < -0.39 is 9.84 Å². The molecular formula is C14H24N2O2S. The van der Waals surface area contributed by atoms with Gasteiger partial charge in [0.15, 0.2) is 9.84 Å². The maximum atomic E-state index is 11.7. The van der Waals surface area contributed by atoms with E-state index in [9.17, 15) is 8.42 Å². The Morgan fingerprint density at radius 1 is 1.21 bits per heavy atom. The molecule has 19 heavy (non-hydrogen) atoms. The third kappa shape index (κ3) is 4.84. The molecule has 4 nitrogen and oxygen atoms in total. The normalized spacial score (nSPS) is 13.2. The zero-order valence-electron chi connectivity index (χ0n) is 11.7. The second-order valence-corrected chi connectivity index (χ2v) is 6.94. The molecule has 108 valence electrons. The number of nitrogens with one attached hydrogen (secondary N) is 1. The molecule has 0 aliphatic rings. The van der Waals surface area contributed by atoms with Gasteiger partial charge in [-0.15, -0.1) is 0 Å². The number of nitrogens with two attached hydrogens (primary N) is 1. The lowest BCUT2D eigenvalue weighted by Crippen LogP contribution is -2.17. The average molecular weight is 284 g/mol. The molecule has 0 saturated heterocycles. The van der Waals surface area contributed by atoms with E-state index in [1.54, 1.807) is 19.1 Å². The van der Waals surface area contributed by atoms with Crippen molar-refractivity contribution in [2.45, 2.75) is 31.6 Å². The summed E-state index contributed by atoms with van der Waals surface area (Å²) in [5, 5.41) is 3.33. The highest BCUT2D eigenvalue weighted by atomic mass is 32.2. The quantitative estimate of drug-likeness (QED) is 0.768. The number of hydrogen-bond donors (Lipinski definition) is 2. The van der Waals surface area contributed by atoms with Crippen molar-refractivity contribution in [3.8, 4) is 0 Å². The summed E-state index contributed by atoms with van der Waals surface area (Å²) in [5.41, 5.74) is 6.51. The van der Waals surface area contributed by atoms with Gasteiger partial charge in [0, 0.05) is 12.2 Å². The summed E-state index contributed by atoms with van der Waals surface area (Å²) in [6, 6.07) is 6.95. The van der Waals surface area contributed by atoms with E-state index in [4.69, 9.17) is 5.73 Å². The monoisotopic (exact) mass is 284 g/mol. The molecule has 0 radical (unpaired) electrons. The van der Waals surface area contributed by atoms with Gasteiger partial charge in [0.1, 0.15) is 0 Å². The van der Waals surface area contributed by atoms with Gasteiger partial charge in [-0.3, -0.25) is 0 Å². The van der Waals surface area contributed by atoms with Crippen LogP contribution in [-0.2, 0) is 9.84 Å². The maximum absolute atomic E-state index is 11.7. The third-order valence-electron chi connectivity index (χ3n) is 3.34. The van der Waals surface area contributed by atoms with Gasteiger partial charge in [-0.25, -0.2) is 8.42 Å². The Kier molecular flexibility index (Phi) is 6.31. The molecule has 1 aromatic rings. The van der Waals surface area contributed by atoms with Crippen LogP contribution in [0.1, 0.15) is 26.7 Å². The molecule has 1 rings (SSSR count). The van der Waals surface area contributed by atoms with Crippen molar-refractivity contribution in [2.75, 3.05) is 24.2 Å². The minimum atomic E-state index is -3.10. The topological polar surface area (TPSA) is 72.2 Å². The Morgan fingerprint density at radius 3 is 2.32 bits per heavy atom. The molecule has 1 aromatic carbocycles. The van der Waals surface area contributed by atoms with Crippen LogP contribution in [0, 0.1) is 5.92 Å². The Bertz CT molecular complexity index is 469. The molecule has 0 aromatic heterocycles. The fraction of sp³-hybridized carbons (Fsp3) is 0.571. The fourth-order valence-corrected chi connectivity index (χ4v) is 2.78.